The Balaban J connectivity index is 2.15. The van der Waals surface area contributed by atoms with E-state index < -0.39 is 0 Å². The summed E-state index contributed by atoms with van der Waals surface area (Å²) in [5, 5.41) is 0. The zero-order valence-electron chi connectivity index (χ0n) is 13.9. The van der Waals surface area contributed by atoms with Crippen molar-refractivity contribution in [3.8, 4) is 5.75 Å². The first-order chi connectivity index (χ1) is 9.82. The third-order valence-corrected chi connectivity index (χ3v) is 6.30. The number of rotatable bonds is 1. The number of hydrogen-bond acceptors (Lipinski definition) is 2. The van der Waals surface area contributed by atoms with Crippen molar-refractivity contribution in [3.05, 3.63) is 28.8 Å². The van der Waals surface area contributed by atoms with E-state index in [2.05, 4.69) is 39.8 Å². The lowest BCUT2D eigenvalue weighted by Gasteiger charge is -2.53. The Morgan fingerprint density at radius 2 is 1.90 bits per heavy atom. The maximum absolute atomic E-state index is 12.4. The second-order valence-electron chi connectivity index (χ2n) is 7.57. The van der Waals surface area contributed by atoms with Gasteiger partial charge >= 0.3 is 0 Å². The molecule has 1 fully saturated rings. The van der Waals surface area contributed by atoms with Crippen molar-refractivity contribution in [2.75, 3.05) is 7.11 Å². The molecular weight excluding hydrogens is 260 g/mol. The van der Waals surface area contributed by atoms with E-state index >= 15 is 0 Å². The molecular formula is C19H26O2. The summed E-state index contributed by atoms with van der Waals surface area (Å²) >= 11 is 0. The number of ether oxygens (including phenoxy) is 1. The maximum Gasteiger partial charge on any atom is 0.138 e. The van der Waals surface area contributed by atoms with E-state index in [0.29, 0.717) is 18.1 Å². The molecule has 114 valence electrons. The van der Waals surface area contributed by atoms with Gasteiger partial charge in [-0.3, -0.25) is 4.79 Å². The summed E-state index contributed by atoms with van der Waals surface area (Å²) in [7, 11) is 1.74. The molecule has 1 aromatic carbocycles. The van der Waals surface area contributed by atoms with Crippen molar-refractivity contribution in [1.29, 1.82) is 0 Å². The van der Waals surface area contributed by atoms with E-state index in [4.69, 9.17) is 4.74 Å². The highest BCUT2D eigenvalue weighted by Gasteiger charge is 2.53. The molecule has 0 radical (unpaired) electrons. The monoisotopic (exact) mass is 286 g/mol. The number of ketones is 1. The SMILES string of the molecule is COc1ccc2c(c1C)CC[C@H]1C(C)(C)C(=O)CCC21C. The zero-order valence-corrected chi connectivity index (χ0v) is 13.9. The molecule has 1 aromatic rings. The van der Waals surface area contributed by atoms with Crippen LogP contribution in [0.15, 0.2) is 12.1 Å². The number of carbonyl (C=O) groups excluding carboxylic acids is 1. The minimum Gasteiger partial charge on any atom is -0.496 e. The molecule has 0 saturated heterocycles. The van der Waals surface area contributed by atoms with E-state index in [1.807, 2.05) is 0 Å². The van der Waals surface area contributed by atoms with Crippen molar-refractivity contribution in [2.45, 2.75) is 58.8 Å². The Hall–Kier alpha value is -1.31. The van der Waals surface area contributed by atoms with Gasteiger partial charge in [0, 0.05) is 11.8 Å². The average molecular weight is 286 g/mol. The Bertz CT molecular complexity index is 600. The summed E-state index contributed by atoms with van der Waals surface area (Å²) < 4.78 is 5.48. The Labute approximate surface area is 127 Å². The molecule has 2 heteroatoms. The molecule has 0 spiro atoms. The fraction of sp³-hybridized carbons (Fsp3) is 0.632. The van der Waals surface area contributed by atoms with E-state index in [-0.39, 0.29) is 10.8 Å². The molecule has 0 amide bonds. The van der Waals surface area contributed by atoms with Crippen molar-refractivity contribution in [3.63, 3.8) is 0 Å². The van der Waals surface area contributed by atoms with Crippen LogP contribution in [0.4, 0.5) is 0 Å². The highest BCUT2D eigenvalue weighted by atomic mass is 16.5. The van der Waals surface area contributed by atoms with Crippen molar-refractivity contribution in [1.82, 2.24) is 0 Å². The first-order valence-electron chi connectivity index (χ1n) is 8.02. The number of benzene rings is 1. The molecule has 0 N–H and O–H groups in total. The van der Waals surface area contributed by atoms with E-state index in [1.54, 1.807) is 7.11 Å². The standard InChI is InChI=1S/C19H26O2/c1-12-13-6-9-16-18(2,3)17(20)10-11-19(16,4)14(13)7-8-15(12)21-5/h7-8,16H,6,9-11H2,1-5H3/t16-,19?/m0/s1. The van der Waals surface area contributed by atoms with Crippen LogP contribution >= 0.6 is 0 Å². The molecule has 3 rings (SSSR count). The van der Waals surface area contributed by atoms with Crippen LogP contribution in [0.25, 0.3) is 0 Å². The quantitative estimate of drug-likeness (QED) is 0.773. The Morgan fingerprint density at radius 3 is 2.57 bits per heavy atom. The Morgan fingerprint density at radius 1 is 1.19 bits per heavy atom. The summed E-state index contributed by atoms with van der Waals surface area (Å²) in [6.45, 7) is 8.84. The van der Waals surface area contributed by atoms with Crippen LogP contribution in [0.1, 0.15) is 56.7 Å². The molecule has 2 aliphatic carbocycles. The lowest BCUT2D eigenvalue weighted by Crippen LogP contribution is -2.52. The second-order valence-corrected chi connectivity index (χ2v) is 7.57. The van der Waals surface area contributed by atoms with Gasteiger partial charge in [0.2, 0.25) is 0 Å². The predicted octanol–water partition coefficient (Wildman–Crippen LogP) is 4.21. The summed E-state index contributed by atoms with van der Waals surface area (Å²) in [5.74, 6) is 1.88. The van der Waals surface area contributed by atoms with Gasteiger partial charge in [0.15, 0.2) is 0 Å². The van der Waals surface area contributed by atoms with Crippen LogP contribution in [0.5, 0.6) is 5.75 Å². The van der Waals surface area contributed by atoms with Gasteiger partial charge in [-0.2, -0.15) is 0 Å². The highest BCUT2D eigenvalue weighted by Crippen LogP contribution is 2.56. The lowest BCUT2D eigenvalue weighted by atomic mass is 9.50. The van der Waals surface area contributed by atoms with E-state index in [9.17, 15) is 4.79 Å². The summed E-state index contributed by atoms with van der Waals surface area (Å²) in [6, 6.07) is 4.35. The largest absolute Gasteiger partial charge is 0.496 e. The molecule has 0 bridgehead atoms. The van der Waals surface area contributed by atoms with Crippen LogP contribution in [0.3, 0.4) is 0 Å². The van der Waals surface area contributed by atoms with Crippen molar-refractivity contribution < 1.29 is 9.53 Å². The molecule has 1 saturated carbocycles. The average Bonchev–Trinajstić information content (AvgIpc) is 2.44. The molecule has 2 aliphatic rings. The third kappa shape index (κ3) is 1.88. The topological polar surface area (TPSA) is 26.3 Å². The number of methoxy groups -OCH3 is 1. The Kier molecular flexibility index (Phi) is 3.20. The fourth-order valence-electron chi connectivity index (χ4n) is 4.96. The van der Waals surface area contributed by atoms with Gasteiger partial charge in [-0.15, -0.1) is 0 Å². The normalized spacial score (nSPS) is 30.5. The molecule has 0 heterocycles. The van der Waals surface area contributed by atoms with E-state index in [0.717, 1.165) is 25.0 Å². The van der Waals surface area contributed by atoms with Gasteiger partial charge in [-0.05, 0) is 60.3 Å². The minimum absolute atomic E-state index is 0.127. The first kappa shape index (κ1) is 14.6. The van der Waals surface area contributed by atoms with Gasteiger partial charge in [-0.1, -0.05) is 26.8 Å². The summed E-state index contributed by atoms with van der Waals surface area (Å²) in [5.41, 5.74) is 4.13. The van der Waals surface area contributed by atoms with Crippen LogP contribution in [0, 0.1) is 18.3 Å². The lowest BCUT2D eigenvalue weighted by molar-refractivity contribution is -0.137. The fourth-order valence-corrected chi connectivity index (χ4v) is 4.96. The van der Waals surface area contributed by atoms with Gasteiger partial charge in [0.1, 0.15) is 11.5 Å². The molecule has 1 unspecified atom stereocenters. The van der Waals surface area contributed by atoms with Crippen LogP contribution in [0.2, 0.25) is 0 Å². The zero-order chi connectivity index (χ0) is 15.4. The number of carbonyl (C=O) groups is 1. The molecule has 2 nitrogen and oxygen atoms in total. The molecule has 21 heavy (non-hydrogen) atoms. The smallest absolute Gasteiger partial charge is 0.138 e. The van der Waals surface area contributed by atoms with Gasteiger partial charge < -0.3 is 4.74 Å². The predicted molar refractivity (Wildman–Crippen MR) is 84.9 cm³/mol. The first-order valence-corrected chi connectivity index (χ1v) is 8.02. The van der Waals surface area contributed by atoms with Crippen LogP contribution in [-0.4, -0.2) is 12.9 Å². The number of fused-ring (bicyclic) bond motifs is 3. The summed E-state index contributed by atoms with van der Waals surface area (Å²) in [6.07, 6.45) is 3.87. The van der Waals surface area contributed by atoms with Crippen LogP contribution in [-0.2, 0) is 16.6 Å². The maximum atomic E-state index is 12.4. The van der Waals surface area contributed by atoms with Crippen molar-refractivity contribution in [2.24, 2.45) is 11.3 Å². The highest BCUT2D eigenvalue weighted by molar-refractivity contribution is 5.86. The van der Waals surface area contributed by atoms with E-state index in [1.165, 1.54) is 16.7 Å². The van der Waals surface area contributed by atoms with Gasteiger partial charge in [0.25, 0.3) is 0 Å². The second kappa shape index (κ2) is 4.59. The van der Waals surface area contributed by atoms with Crippen molar-refractivity contribution >= 4 is 5.78 Å². The van der Waals surface area contributed by atoms with Gasteiger partial charge in [0.05, 0.1) is 7.11 Å². The molecule has 2 atom stereocenters. The van der Waals surface area contributed by atoms with Crippen LogP contribution < -0.4 is 4.74 Å². The number of hydrogen-bond donors (Lipinski definition) is 0. The summed E-state index contributed by atoms with van der Waals surface area (Å²) in [4.78, 5) is 12.4. The van der Waals surface area contributed by atoms with Gasteiger partial charge in [-0.25, -0.2) is 0 Å². The molecule has 0 aromatic heterocycles. The minimum atomic E-state index is -0.196. The molecule has 0 aliphatic heterocycles. The number of Topliss-reactive ketones (excluding diaryl/α,β-unsaturated/α-hetero) is 1. The third-order valence-electron chi connectivity index (χ3n) is 6.30.